The Morgan fingerprint density at radius 1 is 1.28 bits per heavy atom. The molecule has 4 heteroatoms. The van der Waals surface area contributed by atoms with Gasteiger partial charge in [0.2, 0.25) is 5.91 Å². The van der Waals surface area contributed by atoms with E-state index in [1.807, 2.05) is 38.1 Å². The zero-order valence-corrected chi connectivity index (χ0v) is 11.0. The molecular formula is C14H19NO3. The highest BCUT2D eigenvalue weighted by molar-refractivity contribution is 5.87. The van der Waals surface area contributed by atoms with Crippen molar-refractivity contribution < 1.29 is 14.3 Å². The third-order valence-electron chi connectivity index (χ3n) is 2.15. The van der Waals surface area contributed by atoms with Crippen LogP contribution < -0.4 is 14.8 Å². The molecule has 0 unspecified atom stereocenters. The summed E-state index contributed by atoms with van der Waals surface area (Å²) in [7, 11) is 1.60. The highest BCUT2D eigenvalue weighted by Gasteiger charge is 2.02. The quantitative estimate of drug-likeness (QED) is 0.621. The first-order valence-corrected chi connectivity index (χ1v) is 5.82. The number of methoxy groups -OCH3 is 1. The lowest BCUT2D eigenvalue weighted by atomic mass is 10.3. The fourth-order valence-electron chi connectivity index (χ4n) is 1.39. The van der Waals surface area contributed by atoms with Crippen LogP contribution in [0.4, 0.5) is 0 Å². The van der Waals surface area contributed by atoms with Gasteiger partial charge < -0.3 is 14.8 Å². The first-order chi connectivity index (χ1) is 8.63. The fraction of sp³-hybridized carbons (Fsp3) is 0.357. The van der Waals surface area contributed by atoms with Gasteiger partial charge in [-0.2, -0.15) is 0 Å². The zero-order valence-electron chi connectivity index (χ0n) is 11.0. The molecule has 4 nitrogen and oxygen atoms in total. The molecule has 0 atom stereocenters. The molecule has 0 heterocycles. The molecule has 1 aromatic rings. The van der Waals surface area contributed by atoms with Crippen molar-refractivity contribution in [3.8, 4) is 11.5 Å². The summed E-state index contributed by atoms with van der Waals surface area (Å²) in [5.74, 6) is 1.27. The van der Waals surface area contributed by atoms with Crippen molar-refractivity contribution >= 4 is 5.91 Å². The number of carbonyl (C=O) groups excluding carboxylic acids is 1. The van der Waals surface area contributed by atoms with Crippen molar-refractivity contribution in [3.63, 3.8) is 0 Å². The number of allylic oxidation sites excluding steroid dienone is 1. The average Bonchev–Trinajstić information content (AvgIpc) is 2.34. The maximum absolute atomic E-state index is 11.3. The van der Waals surface area contributed by atoms with Gasteiger partial charge in [0.25, 0.3) is 0 Å². The lowest BCUT2D eigenvalue weighted by molar-refractivity contribution is -0.116. The molecule has 0 aliphatic carbocycles. The van der Waals surface area contributed by atoms with E-state index in [0.717, 1.165) is 5.57 Å². The van der Waals surface area contributed by atoms with E-state index >= 15 is 0 Å². The minimum absolute atomic E-state index is 0.0985. The van der Waals surface area contributed by atoms with Crippen LogP contribution in [0.3, 0.4) is 0 Å². The van der Waals surface area contributed by atoms with Crippen LogP contribution >= 0.6 is 0 Å². The Morgan fingerprint density at radius 3 is 2.56 bits per heavy atom. The minimum Gasteiger partial charge on any atom is -0.493 e. The number of rotatable bonds is 6. The summed E-state index contributed by atoms with van der Waals surface area (Å²) < 4.78 is 10.7. The van der Waals surface area contributed by atoms with E-state index in [2.05, 4.69) is 5.32 Å². The Kier molecular flexibility index (Phi) is 5.77. The van der Waals surface area contributed by atoms with Crippen LogP contribution in [0.1, 0.15) is 13.8 Å². The number of benzene rings is 1. The van der Waals surface area contributed by atoms with Crippen LogP contribution in [-0.4, -0.2) is 26.2 Å². The van der Waals surface area contributed by atoms with Crippen molar-refractivity contribution in [2.45, 2.75) is 13.8 Å². The van der Waals surface area contributed by atoms with Crippen LogP contribution in [0.2, 0.25) is 0 Å². The van der Waals surface area contributed by atoms with E-state index in [4.69, 9.17) is 9.47 Å². The van der Waals surface area contributed by atoms with Crippen LogP contribution in [0.5, 0.6) is 11.5 Å². The van der Waals surface area contributed by atoms with Gasteiger partial charge in [-0.1, -0.05) is 17.7 Å². The first-order valence-electron chi connectivity index (χ1n) is 5.82. The first kappa shape index (κ1) is 14.1. The third-order valence-corrected chi connectivity index (χ3v) is 2.15. The van der Waals surface area contributed by atoms with E-state index in [1.54, 1.807) is 13.2 Å². The lowest BCUT2D eigenvalue weighted by Gasteiger charge is -2.10. The predicted octanol–water partition coefficient (Wildman–Crippen LogP) is 2.16. The van der Waals surface area contributed by atoms with Crippen molar-refractivity contribution in [2.24, 2.45) is 0 Å². The van der Waals surface area contributed by atoms with Gasteiger partial charge in [0.05, 0.1) is 13.7 Å². The third kappa shape index (κ3) is 4.91. The molecule has 0 bridgehead atoms. The summed E-state index contributed by atoms with van der Waals surface area (Å²) in [6.07, 6.45) is 1.56. The SMILES string of the molecule is COc1ccccc1OCCNC(=O)C=C(C)C. The van der Waals surface area contributed by atoms with Crippen molar-refractivity contribution in [2.75, 3.05) is 20.3 Å². The number of para-hydroxylation sites is 2. The topological polar surface area (TPSA) is 47.6 Å². The van der Waals surface area contributed by atoms with Gasteiger partial charge in [-0.3, -0.25) is 4.79 Å². The molecule has 0 aliphatic heterocycles. The smallest absolute Gasteiger partial charge is 0.244 e. The standard InChI is InChI=1S/C14H19NO3/c1-11(2)10-14(16)15-8-9-18-13-7-5-4-6-12(13)17-3/h4-7,10H,8-9H2,1-3H3,(H,15,16). The van der Waals surface area contributed by atoms with Crippen LogP contribution in [0.15, 0.2) is 35.9 Å². The zero-order chi connectivity index (χ0) is 13.4. The molecule has 0 saturated carbocycles. The molecular weight excluding hydrogens is 230 g/mol. The van der Waals surface area contributed by atoms with E-state index < -0.39 is 0 Å². The van der Waals surface area contributed by atoms with E-state index in [9.17, 15) is 4.79 Å². The van der Waals surface area contributed by atoms with Crippen molar-refractivity contribution in [1.29, 1.82) is 0 Å². The number of carbonyl (C=O) groups is 1. The summed E-state index contributed by atoms with van der Waals surface area (Å²) in [6, 6.07) is 7.41. The maximum atomic E-state index is 11.3. The molecule has 0 spiro atoms. The van der Waals surface area contributed by atoms with Gasteiger partial charge in [-0.05, 0) is 26.0 Å². The highest BCUT2D eigenvalue weighted by Crippen LogP contribution is 2.25. The second kappa shape index (κ2) is 7.37. The Hall–Kier alpha value is -1.97. The normalized spacial score (nSPS) is 9.50. The maximum Gasteiger partial charge on any atom is 0.244 e. The molecule has 18 heavy (non-hydrogen) atoms. The molecule has 1 N–H and O–H groups in total. The Bertz CT molecular complexity index is 423. The number of hydrogen-bond donors (Lipinski definition) is 1. The average molecular weight is 249 g/mol. The van der Waals surface area contributed by atoms with Gasteiger partial charge in [0.1, 0.15) is 6.61 Å². The Labute approximate surface area is 108 Å². The second-order valence-electron chi connectivity index (χ2n) is 4.01. The summed E-state index contributed by atoms with van der Waals surface area (Å²) in [6.45, 7) is 4.62. The number of amides is 1. The van der Waals surface area contributed by atoms with Crippen molar-refractivity contribution in [3.05, 3.63) is 35.9 Å². The summed E-state index contributed by atoms with van der Waals surface area (Å²) in [4.78, 5) is 11.3. The summed E-state index contributed by atoms with van der Waals surface area (Å²) >= 11 is 0. The Morgan fingerprint density at radius 2 is 1.94 bits per heavy atom. The van der Waals surface area contributed by atoms with Crippen LogP contribution in [0, 0.1) is 0 Å². The molecule has 0 aromatic heterocycles. The largest absolute Gasteiger partial charge is 0.493 e. The van der Waals surface area contributed by atoms with Gasteiger partial charge in [-0.25, -0.2) is 0 Å². The highest BCUT2D eigenvalue weighted by atomic mass is 16.5. The van der Waals surface area contributed by atoms with Crippen LogP contribution in [0.25, 0.3) is 0 Å². The summed E-state index contributed by atoms with van der Waals surface area (Å²) in [5.41, 5.74) is 0.971. The Balaban J connectivity index is 2.34. The lowest BCUT2D eigenvalue weighted by Crippen LogP contribution is -2.26. The molecule has 1 aromatic carbocycles. The molecule has 98 valence electrons. The summed E-state index contributed by atoms with van der Waals surface area (Å²) in [5, 5.41) is 2.74. The number of hydrogen-bond acceptors (Lipinski definition) is 3. The van der Waals surface area contributed by atoms with Gasteiger partial charge in [0, 0.05) is 6.08 Å². The van der Waals surface area contributed by atoms with Crippen LogP contribution in [-0.2, 0) is 4.79 Å². The second-order valence-corrected chi connectivity index (χ2v) is 4.01. The van der Waals surface area contributed by atoms with E-state index in [1.165, 1.54) is 0 Å². The van der Waals surface area contributed by atoms with Gasteiger partial charge >= 0.3 is 0 Å². The minimum atomic E-state index is -0.0985. The number of ether oxygens (including phenoxy) is 2. The van der Waals surface area contributed by atoms with E-state index in [0.29, 0.717) is 24.7 Å². The van der Waals surface area contributed by atoms with Gasteiger partial charge in [0.15, 0.2) is 11.5 Å². The number of nitrogens with one attached hydrogen (secondary N) is 1. The molecule has 0 saturated heterocycles. The molecule has 1 amide bonds. The molecule has 0 fully saturated rings. The predicted molar refractivity (Wildman–Crippen MR) is 70.9 cm³/mol. The molecule has 1 rings (SSSR count). The van der Waals surface area contributed by atoms with Gasteiger partial charge in [-0.15, -0.1) is 0 Å². The molecule has 0 aliphatic rings. The fourth-order valence-corrected chi connectivity index (χ4v) is 1.39. The van der Waals surface area contributed by atoms with Crippen molar-refractivity contribution in [1.82, 2.24) is 5.32 Å². The molecule has 0 radical (unpaired) electrons. The van der Waals surface area contributed by atoms with E-state index in [-0.39, 0.29) is 5.91 Å². The monoisotopic (exact) mass is 249 g/mol.